The van der Waals surface area contributed by atoms with Crippen LogP contribution in [0.1, 0.15) is 31.2 Å². The number of rotatable bonds is 3. The zero-order valence-electron chi connectivity index (χ0n) is 11.0. The van der Waals surface area contributed by atoms with E-state index in [1.807, 2.05) is 24.3 Å². The van der Waals surface area contributed by atoms with E-state index >= 15 is 0 Å². The number of allylic oxidation sites excluding steroid dienone is 1. The second-order valence-corrected chi connectivity index (χ2v) is 4.54. The Labute approximate surface area is 108 Å². The standard InChI is InChI=1S/C15H20O3/c1-17-13-8-5-9-14(18-2)15(13)11-6-3-4-7-12(16)10-11/h5,8-10,12,16H,3-4,6-7H2,1-2H3. The fraction of sp³-hybridized carbons (Fsp3) is 0.467. The molecule has 0 bridgehead atoms. The lowest BCUT2D eigenvalue weighted by atomic mass is 9.99. The van der Waals surface area contributed by atoms with Crippen LogP contribution in [-0.2, 0) is 0 Å². The van der Waals surface area contributed by atoms with Gasteiger partial charge in [-0.15, -0.1) is 0 Å². The first-order valence-electron chi connectivity index (χ1n) is 6.36. The SMILES string of the molecule is COc1cccc(OC)c1C1=CC(O)CCCC1. The quantitative estimate of drug-likeness (QED) is 0.893. The predicted molar refractivity (Wildman–Crippen MR) is 72.0 cm³/mol. The van der Waals surface area contributed by atoms with Gasteiger partial charge in [-0.25, -0.2) is 0 Å². The van der Waals surface area contributed by atoms with E-state index in [-0.39, 0.29) is 6.10 Å². The van der Waals surface area contributed by atoms with Gasteiger partial charge in [0.15, 0.2) is 0 Å². The maximum Gasteiger partial charge on any atom is 0.130 e. The molecule has 1 aliphatic rings. The summed E-state index contributed by atoms with van der Waals surface area (Å²) in [5.74, 6) is 1.60. The van der Waals surface area contributed by atoms with E-state index in [1.54, 1.807) is 14.2 Å². The van der Waals surface area contributed by atoms with E-state index in [2.05, 4.69) is 0 Å². The summed E-state index contributed by atoms with van der Waals surface area (Å²) in [6, 6.07) is 5.76. The van der Waals surface area contributed by atoms with Crippen molar-refractivity contribution in [3.05, 3.63) is 29.8 Å². The first-order valence-corrected chi connectivity index (χ1v) is 6.36. The summed E-state index contributed by atoms with van der Waals surface area (Å²) in [4.78, 5) is 0. The molecule has 0 saturated heterocycles. The van der Waals surface area contributed by atoms with E-state index in [1.165, 1.54) is 0 Å². The summed E-state index contributed by atoms with van der Waals surface area (Å²) in [7, 11) is 3.32. The minimum absolute atomic E-state index is 0.364. The molecular formula is C15H20O3. The zero-order chi connectivity index (χ0) is 13.0. The van der Waals surface area contributed by atoms with Crippen molar-refractivity contribution in [1.29, 1.82) is 0 Å². The Bertz CT molecular complexity index is 415. The smallest absolute Gasteiger partial charge is 0.130 e. The van der Waals surface area contributed by atoms with Crippen LogP contribution in [0.4, 0.5) is 0 Å². The summed E-state index contributed by atoms with van der Waals surface area (Å²) < 4.78 is 10.8. The predicted octanol–water partition coefficient (Wildman–Crippen LogP) is 3.02. The topological polar surface area (TPSA) is 38.7 Å². The second kappa shape index (κ2) is 5.91. The largest absolute Gasteiger partial charge is 0.496 e. The molecule has 0 fully saturated rings. The molecule has 0 aliphatic heterocycles. The molecule has 0 radical (unpaired) electrons. The molecule has 1 aliphatic carbocycles. The molecule has 0 amide bonds. The van der Waals surface area contributed by atoms with Crippen molar-refractivity contribution in [2.45, 2.75) is 31.8 Å². The molecule has 0 spiro atoms. The Morgan fingerprint density at radius 3 is 2.39 bits per heavy atom. The minimum atomic E-state index is -0.364. The first-order chi connectivity index (χ1) is 8.76. The molecule has 3 nitrogen and oxygen atoms in total. The Morgan fingerprint density at radius 2 is 1.78 bits per heavy atom. The molecule has 3 heteroatoms. The molecule has 0 heterocycles. The van der Waals surface area contributed by atoms with Gasteiger partial charge in [0.05, 0.1) is 25.9 Å². The highest BCUT2D eigenvalue weighted by molar-refractivity contribution is 5.76. The fourth-order valence-corrected chi connectivity index (χ4v) is 2.44. The highest BCUT2D eigenvalue weighted by atomic mass is 16.5. The third-order valence-electron chi connectivity index (χ3n) is 3.34. The molecule has 2 rings (SSSR count). The van der Waals surface area contributed by atoms with Crippen LogP contribution in [-0.4, -0.2) is 25.4 Å². The number of ether oxygens (including phenoxy) is 2. The van der Waals surface area contributed by atoms with Gasteiger partial charge < -0.3 is 14.6 Å². The van der Waals surface area contributed by atoms with Gasteiger partial charge in [0.1, 0.15) is 11.5 Å². The summed E-state index contributed by atoms with van der Waals surface area (Å²) in [6.45, 7) is 0. The summed E-state index contributed by atoms with van der Waals surface area (Å²) in [5.41, 5.74) is 2.10. The van der Waals surface area contributed by atoms with Crippen LogP contribution >= 0.6 is 0 Å². The molecule has 1 N–H and O–H groups in total. The van der Waals surface area contributed by atoms with Crippen LogP contribution < -0.4 is 9.47 Å². The van der Waals surface area contributed by atoms with Crippen molar-refractivity contribution in [2.24, 2.45) is 0 Å². The van der Waals surface area contributed by atoms with Crippen molar-refractivity contribution in [1.82, 2.24) is 0 Å². The minimum Gasteiger partial charge on any atom is -0.496 e. The Balaban J connectivity index is 2.47. The van der Waals surface area contributed by atoms with Gasteiger partial charge in [-0.1, -0.05) is 18.6 Å². The van der Waals surface area contributed by atoms with Gasteiger partial charge in [0.25, 0.3) is 0 Å². The van der Waals surface area contributed by atoms with Crippen LogP contribution in [0.3, 0.4) is 0 Å². The third-order valence-corrected chi connectivity index (χ3v) is 3.34. The van der Waals surface area contributed by atoms with Crippen molar-refractivity contribution in [3.8, 4) is 11.5 Å². The number of aliphatic hydroxyl groups is 1. The van der Waals surface area contributed by atoms with Gasteiger partial charge in [0, 0.05) is 0 Å². The molecule has 1 unspecified atom stereocenters. The Kier molecular flexibility index (Phi) is 4.26. The lowest BCUT2D eigenvalue weighted by Crippen LogP contribution is -2.01. The van der Waals surface area contributed by atoms with Crippen LogP contribution in [0.15, 0.2) is 24.3 Å². The van der Waals surface area contributed by atoms with Crippen molar-refractivity contribution < 1.29 is 14.6 Å². The highest BCUT2D eigenvalue weighted by Crippen LogP contribution is 2.38. The zero-order valence-corrected chi connectivity index (χ0v) is 11.0. The van der Waals surface area contributed by atoms with Crippen LogP contribution in [0, 0.1) is 0 Å². The van der Waals surface area contributed by atoms with E-state index in [4.69, 9.17) is 9.47 Å². The van der Waals surface area contributed by atoms with E-state index in [9.17, 15) is 5.11 Å². The monoisotopic (exact) mass is 248 g/mol. The van der Waals surface area contributed by atoms with Crippen LogP contribution in [0.2, 0.25) is 0 Å². The summed E-state index contributed by atoms with van der Waals surface area (Å²) >= 11 is 0. The Morgan fingerprint density at radius 1 is 1.11 bits per heavy atom. The summed E-state index contributed by atoms with van der Waals surface area (Å²) in [5, 5.41) is 9.89. The molecule has 1 atom stereocenters. The van der Waals surface area contributed by atoms with Crippen molar-refractivity contribution >= 4 is 5.57 Å². The summed E-state index contributed by atoms with van der Waals surface area (Å²) in [6.07, 6.45) is 5.50. The van der Waals surface area contributed by atoms with Gasteiger partial charge in [-0.2, -0.15) is 0 Å². The van der Waals surface area contributed by atoms with Crippen molar-refractivity contribution in [2.75, 3.05) is 14.2 Å². The molecule has 1 aromatic rings. The van der Waals surface area contributed by atoms with Gasteiger partial charge in [-0.05, 0) is 37.0 Å². The number of aliphatic hydroxyl groups excluding tert-OH is 1. The highest BCUT2D eigenvalue weighted by Gasteiger charge is 2.18. The van der Waals surface area contributed by atoms with Gasteiger partial charge >= 0.3 is 0 Å². The molecule has 1 aromatic carbocycles. The molecule has 18 heavy (non-hydrogen) atoms. The molecule has 0 aromatic heterocycles. The maximum absolute atomic E-state index is 9.89. The average molecular weight is 248 g/mol. The van der Waals surface area contributed by atoms with Crippen molar-refractivity contribution in [3.63, 3.8) is 0 Å². The number of hydrogen-bond acceptors (Lipinski definition) is 3. The van der Waals surface area contributed by atoms with E-state index < -0.39 is 0 Å². The fourth-order valence-electron chi connectivity index (χ4n) is 2.44. The van der Waals surface area contributed by atoms with Crippen LogP contribution in [0.25, 0.3) is 5.57 Å². The maximum atomic E-state index is 9.89. The van der Waals surface area contributed by atoms with Gasteiger partial charge in [-0.3, -0.25) is 0 Å². The molecule has 98 valence electrons. The van der Waals surface area contributed by atoms with E-state index in [0.29, 0.717) is 0 Å². The molecular weight excluding hydrogens is 228 g/mol. The first kappa shape index (κ1) is 13.0. The van der Waals surface area contributed by atoms with E-state index in [0.717, 1.165) is 48.3 Å². The Hall–Kier alpha value is -1.48. The normalized spacial score (nSPS) is 19.9. The second-order valence-electron chi connectivity index (χ2n) is 4.54. The number of methoxy groups -OCH3 is 2. The average Bonchev–Trinajstić information content (AvgIpc) is 2.62. The third kappa shape index (κ3) is 2.67. The molecule has 0 saturated carbocycles. The lowest BCUT2D eigenvalue weighted by Gasteiger charge is -2.15. The number of hydrogen-bond donors (Lipinski definition) is 1. The van der Waals surface area contributed by atoms with Gasteiger partial charge in [0.2, 0.25) is 0 Å². The van der Waals surface area contributed by atoms with Crippen LogP contribution in [0.5, 0.6) is 11.5 Å². The lowest BCUT2D eigenvalue weighted by molar-refractivity contribution is 0.211. The number of benzene rings is 1.